The smallest absolute Gasteiger partial charge is 0.194 e. The average molecular weight is 435 g/mol. The van der Waals surface area contributed by atoms with E-state index in [1.54, 1.807) is 48.5 Å². The third-order valence-corrected chi connectivity index (χ3v) is 4.92. The maximum Gasteiger partial charge on any atom is 0.194 e. The standard InChI is InChI=1S/C25H16Cl2O3/c26-18-15-22(24(27)23(16-18)30-20-9-5-2-6-10-20)25(28)17-11-13-21(14-12-17)29-19-7-3-1-4-8-19/h1-16H. The maximum atomic E-state index is 13.1. The van der Waals surface area contributed by atoms with Gasteiger partial charge in [-0.2, -0.15) is 0 Å². The molecule has 0 aromatic heterocycles. The highest BCUT2D eigenvalue weighted by Crippen LogP contribution is 2.36. The Hall–Kier alpha value is -3.27. The van der Waals surface area contributed by atoms with Crippen LogP contribution in [0.4, 0.5) is 0 Å². The Morgan fingerprint density at radius 1 is 0.633 bits per heavy atom. The van der Waals surface area contributed by atoms with Crippen LogP contribution in [0.1, 0.15) is 15.9 Å². The molecule has 0 unspecified atom stereocenters. The van der Waals surface area contributed by atoms with Gasteiger partial charge >= 0.3 is 0 Å². The first-order valence-corrected chi connectivity index (χ1v) is 9.95. The first kappa shape index (κ1) is 20.0. The van der Waals surface area contributed by atoms with Gasteiger partial charge in [0, 0.05) is 22.2 Å². The minimum absolute atomic E-state index is 0.206. The van der Waals surface area contributed by atoms with Crippen molar-refractivity contribution in [2.24, 2.45) is 0 Å². The van der Waals surface area contributed by atoms with Crippen molar-refractivity contribution < 1.29 is 14.3 Å². The summed E-state index contributed by atoms with van der Waals surface area (Å²) in [4.78, 5) is 13.1. The Morgan fingerprint density at radius 3 is 1.77 bits per heavy atom. The fourth-order valence-electron chi connectivity index (χ4n) is 2.87. The average Bonchev–Trinajstić information content (AvgIpc) is 2.77. The van der Waals surface area contributed by atoms with Crippen LogP contribution in [-0.2, 0) is 0 Å². The molecule has 0 saturated carbocycles. The van der Waals surface area contributed by atoms with Crippen molar-refractivity contribution in [2.75, 3.05) is 0 Å². The molecule has 0 heterocycles. The molecule has 0 aliphatic carbocycles. The Bertz CT molecular complexity index is 1160. The van der Waals surface area contributed by atoms with Crippen molar-refractivity contribution in [2.45, 2.75) is 0 Å². The summed E-state index contributed by atoms with van der Waals surface area (Å²) in [6.07, 6.45) is 0. The number of carbonyl (C=O) groups excluding carboxylic acids is 1. The first-order chi connectivity index (χ1) is 14.6. The molecule has 0 radical (unpaired) electrons. The zero-order valence-corrected chi connectivity index (χ0v) is 17.2. The van der Waals surface area contributed by atoms with Gasteiger partial charge in [0.25, 0.3) is 0 Å². The molecular formula is C25H16Cl2O3. The fourth-order valence-corrected chi connectivity index (χ4v) is 3.32. The van der Waals surface area contributed by atoms with Crippen molar-refractivity contribution in [1.82, 2.24) is 0 Å². The van der Waals surface area contributed by atoms with Gasteiger partial charge in [-0.25, -0.2) is 0 Å². The van der Waals surface area contributed by atoms with Gasteiger partial charge in [-0.15, -0.1) is 0 Å². The van der Waals surface area contributed by atoms with E-state index in [1.807, 2.05) is 48.5 Å². The SMILES string of the molecule is O=C(c1ccc(Oc2ccccc2)cc1)c1cc(Cl)cc(Oc2ccccc2)c1Cl. The van der Waals surface area contributed by atoms with E-state index in [2.05, 4.69) is 0 Å². The molecule has 3 nitrogen and oxygen atoms in total. The van der Waals surface area contributed by atoms with Crippen LogP contribution in [0.25, 0.3) is 0 Å². The summed E-state index contributed by atoms with van der Waals surface area (Å²) in [5.74, 6) is 2.01. The number of halogens is 2. The molecule has 0 aliphatic heterocycles. The number of carbonyl (C=O) groups is 1. The van der Waals surface area contributed by atoms with Crippen molar-refractivity contribution in [1.29, 1.82) is 0 Å². The molecule has 0 N–H and O–H groups in total. The van der Waals surface area contributed by atoms with Gasteiger partial charge < -0.3 is 9.47 Å². The van der Waals surface area contributed by atoms with Crippen LogP contribution in [0.3, 0.4) is 0 Å². The largest absolute Gasteiger partial charge is 0.457 e. The van der Waals surface area contributed by atoms with Gasteiger partial charge in [0.05, 0.1) is 5.02 Å². The van der Waals surface area contributed by atoms with E-state index in [0.717, 1.165) is 5.75 Å². The third-order valence-electron chi connectivity index (χ3n) is 4.32. The molecule has 5 heteroatoms. The Balaban J connectivity index is 1.58. The van der Waals surface area contributed by atoms with Gasteiger partial charge in [-0.1, -0.05) is 59.6 Å². The summed E-state index contributed by atoms with van der Waals surface area (Å²) in [7, 11) is 0. The zero-order chi connectivity index (χ0) is 20.9. The van der Waals surface area contributed by atoms with E-state index in [1.165, 1.54) is 0 Å². The summed E-state index contributed by atoms with van der Waals surface area (Å²) in [6, 6.07) is 28.6. The normalized spacial score (nSPS) is 10.5. The monoisotopic (exact) mass is 434 g/mol. The molecule has 0 fully saturated rings. The van der Waals surface area contributed by atoms with Crippen LogP contribution in [0, 0.1) is 0 Å². The van der Waals surface area contributed by atoms with E-state index in [9.17, 15) is 4.79 Å². The third kappa shape index (κ3) is 4.65. The lowest BCUT2D eigenvalue weighted by Crippen LogP contribution is -2.03. The Kier molecular flexibility index (Phi) is 6.03. The minimum Gasteiger partial charge on any atom is -0.457 e. The predicted octanol–water partition coefficient (Wildman–Crippen LogP) is 7.81. The molecular weight excluding hydrogens is 419 g/mol. The lowest BCUT2D eigenvalue weighted by Gasteiger charge is -2.12. The molecule has 0 atom stereocenters. The van der Waals surface area contributed by atoms with E-state index in [0.29, 0.717) is 27.8 Å². The molecule has 0 aliphatic rings. The summed E-state index contributed by atoms with van der Waals surface area (Å²) in [5, 5.41) is 0.565. The molecule has 0 amide bonds. The molecule has 0 saturated heterocycles. The summed E-state index contributed by atoms with van der Waals surface area (Å²) < 4.78 is 11.6. The molecule has 0 bridgehead atoms. The fraction of sp³-hybridized carbons (Fsp3) is 0. The second-order valence-corrected chi connectivity index (χ2v) is 7.26. The van der Waals surface area contributed by atoms with Gasteiger partial charge in [0.1, 0.15) is 23.0 Å². The molecule has 4 rings (SSSR count). The highest BCUT2D eigenvalue weighted by atomic mass is 35.5. The van der Waals surface area contributed by atoms with E-state index in [-0.39, 0.29) is 16.4 Å². The van der Waals surface area contributed by atoms with Crippen LogP contribution in [0.15, 0.2) is 97.1 Å². The number of hydrogen-bond donors (Lipinski definition) is 0. The van der Waals surface area contributed by atoms with Gasteiger partial charge in [-0.3, -0.25) is 4.79 Å². The quantitative estimate of drug-likeness (QED) is 0.290. The topological polar surface area (TPSA) is 35.5 Å². The number of ketones is 1. The van der Waals surface area contributed by atoms with Crippen LogP contribution in [-0.4, -0.2) is 5.78 Å². The molecule has 4 aromatic carbocycles. The number of rotatable bonds is 6. The van der Waals surface area contributed by atoms with Crippen LogP contribution in [0.5, 0.6) is 23.0 Å². The first-order valence-electron chi connectivity index (χ1n) is 9.20. The van der Waals surface area contributed by atoms with Gasteiger partial charge in [-0.05, 0) is 54.6 Å². The maximum absolute atomic E-state index is 13.1. The lowest BCUT2D eigenvalue weighted by molar-refractivity contribution is 0.103. The van der Waals surface area contributed by atoms with Crippen LogP contribution < -0.4 is 9.47 Å². The molecule has 30 heavy (non-hydrogen) atoms. The molecule has 4 aromatic rings. The summed E-state index contributed by atoms with van der Waals surface area (Å²) >= 11 is 12.7. The number of ether oxygens (including phenoxy) is 2. The Morgan fingerprint density at radius 2 is 1.17 bits per heavy atom. The van der Waals surface area contributed by atoms with Crippen molar-refractivity contribution in [3.8, 4) is 23.0 Å². The lowest BCUT2D eigenvalue weighted by atomic mass is 10.0. The highest BCUT2D eigenvalue weighted by Gasteiger charge is 2.18. The van der Waals surface area contributed by atoms with Crippen molar-refractivity contribution >= 4 is 29.0 Å². The number of benzene rings is 4. The second kappa shape index (κ2) is 9.04. The number of hydrogen-bond acceptors (Lipinski definition) is 3. The van der Waals surface area contributed by atoms with Gasteiger partial charge in [0.2, 0.25) is 0 Å². The highest BCUT2D eigenvalue weighted by molar-refractivity contribution is 6.38. The van der Waals surface area contributed by atoms with Crippen molar-refractivity contribution in [3.63, 3.8) is 0 Å². The van der Waals surface area contributed by atoms with E-state index < -0.39 is 0 Å². The minimum atomic E-state index is -0.258. The van der Waals surface area contributed by atoms with Crippen LogP contribution in [0.2, 0.25) is 10.0 Å². The zero-order valence-electron chi connectivity index (χ0n) is 15.7. The molecule has 0 spiro atoms. The predicted molar refractivity (Wildman–Crippen MR) is 119 cm³/mol. The van der Waals surface area contributed by atoms with Gasteiger partial charge in [0.15, 0.2) is 5.78 Å². The second-order valence-electron chi connectivity index (χ2n) is 6.45. The molecule has 148 valence electrons. The van der Waals surface area contributed by atoms with E-state index in [4.69, 9.17) is 32.7 Å². The number of para-hydroxylation sites is 2. The van der Waals surface area contributed by atoms with Crippen molar-refractivity contribution in [3.05, 3.63) is 118 Å². The van der Waals surface area contributed by atoms with E-state index >= 15 is 0 Å². The summed E-state index contributed by atoms with van der Waals surface area (Å²) in [5.41, 5.74) is 0.733. The summed E-state index contributed by atoms with van der Waals surface area (Å²) in [6.45, 7) is 0. The van der Waals surface area contributed by atoms with Crippen LogP contribution >= 0.6 is 23.2 Å². The Labute approximate surface area is 184 Å².